The van der Waals surface area contributed by atoms with Gasteiger partial charge in [-0.1, -0.05) is 170 Å². The molecule has 0 aliphatic carbocycles. The number of benzene rings is 9. The van der Waals surface area contributed by atoms with Crippen molar-refractivity contribution >= 4 is 54.3 Å². The van der Waals surface area contributed by atoms with Crippen molar-refractivity contribution in [1.29, 1.82) is 0 Å². The first-order valence-electron chi connectivity index (χ1n) is 21.0. The molecule has 10 aromatic rings. The van der Waals surface area contributed by atoms with Gasteiger partial charge < -0.3 is 4.42 Å². The van der Waals surface area contributed by atoms with Gasteiger partial charge in [0, 0.05) is 21.9 Å². The van der Waals surface area contributed by atoms with E-state index in [2.05, 4.69) is 54.6 Å². The van der Waals surface area contributed by atoms with Crippen molar-refractivity contribution in [3.63, 3.8) is 0 Å². The van der Waals surface area contributed by atoms with E-state index >= 15 is 0 Å². The van der Waals surface area contributed by atoms with E-state index in [0.717, 1.165) is 49.2 Å². The molecule has 10 rings (SSSR count). The van der Waals surface area contributed by atoms with Crippen molar-refractivity contribution in [2.75, 3.05) is 0 Å². The third-order valence-corrected chi connectivity index (χ3v) is 9.38. The van der Waals surface area contributed by atoms with Crippen LogP contribution in [0.25, 0.3) is 98.8 Å². The smallest absolute Gasteiger partial charge is 0.143 e. The fraction of sp³-hybridized carbons (Fsp3) is 0. The highest BCUT2D eigenvalue weighted by atomic mass is 16.3. The number of para-hydroxylation sites is 1. The van der Waals surface area contributed by atoms with Crippen LogP contribution in [-0.2, 0) is 0 Å². The normalized spacial score (nSPS) is 14.5. The van der Waals surface area contributed by atoms with Crippen LogP contribution in [0.5, 0.6) is 0 Å². The van der Waals surface area contributed by atoms with Crippen molar-refractivity contribution in [3.8, 4) is 44.5 Å². The molecule has 0 unspecified atom stereocenters. The van der Waals surface area contributed by atoms with E-state index in [1.165, 1.54) is 11.5 Å². The summed E-state index contributed by atoms with van der Waals surface area (Å²) in [6.07, 6.45) is 0. The number of furan rings is 1. The minimum Gasteiger partial charge on any atom is -0.455 e. The highest BCUT2D eigenvalue weighted by molar-refractivity contribution is 6.25. The van der Waals surface area contributed by atoms with Crippen LogP contribution in [0.4, 0.5) is 0 Å². The third-order valence-electron chi connectivity index (χ3n) is 9.38. The standard InChI is InChI=1S/C48H30O/c1-2-13-33(14-3-1)37-20-11-23-44-47(37)43-22-10-21-42(48(43)49-44)46-40-18-8-6-16-38(40)45(39-17-7-9-19-41(39)46)34-27-24-32(25-28-34)36-29-26-31-12-4-5-15-35(31)30-36/h1-30H/i1D,2D,3D,10D,11D,13D,20D,21D,22D,23D. The maximum absolute atomic E-state index is 9.43. The Kier molecular flexibility index (Phi) is 4.39. The summed E-state index contributed by atoms with van der Waals surface area (Å²) in [4.78, 5) is 0. The van der Waals surface area contributed by atoms with Crippen LogP contribution >= 0.6 is 0 Å². The van der Waals surface area contributed by atoms with Crippen LogP contribution in [-0.4, -0.2) is 0 Å². The van der Waals surface area contributed by atoms with Crippen LogP contribution in [0.15, 0.2) is 186 Å². The Hall–Kier alpha value is -6.44. The Morgan fingerprint density at radius 2 is 1.02 bits per heavy atom. The topological polar surface area (TPSA) is 13.1 Å². The van der Waals surface area contributed by atoms with E-state index in [-0.39, 0.29) is 50.7 Å². The zero-order valence-electron chi connectivity index (χ0n) is 36.0. The Morgan fingerprint density at radius 3 is 1.80 bits per heavy atom. The molecule has 1 heterocycles. The van der Waals surface area contributed by atoms with Crippen LogP contribution in [0.1, 0.15) is 13.7 Å². The molecule has 0 atom stereocenters. The molecule has 1 nitrogen and oxygen atoms in total. The molecule has 0 saturated carbocycles. The summed E-state index contributed by atoms with van der Waals surface area (Å²) < 4.78 is 94.6. The summed E-state index contributed by atoms with van der Waals surface area (Å²) in [6.45, 7) is 0. The van der Waals surface area contributed by atoms with E-state index in [9.17, 15) is 2.74 Å². The third kappa shape index (κ3) is 4.40. The lowest BCUT2D eigenvalue weighted by Gasteiger charge is -2.18. The second kappa shape index (κ2) is 11.1. The maximum Gasteiger partial charge on any atom is 0.143 e. The van der Waals surface area contributed by atoms with Crippen molar-refractivity contribution in [2.45, 2.75) is 0 Å². The van der Waals surface area contributed by atoms with Crippen LogP contribution in [0.3, 0.4) is 0 Å². The van der Waals surface area contributed by atoms with Crippen LogP contribution < -0.4 is 0 Å². The summed E-state index contributed by atoms with van der Waals surface area (Å²) in [5.74, 6) is 0. The molecule has 228 valence electrons. The molecule has 0 aliphatic heterocycles. The summed E-state index contributed by atoms with van der Waals surface area (Å²) in [5.41, 5.74) is 4.49. The molecule has 0 N–H and O–H groups in total. The largest absolute Gasteiger partial charge is 0.455 e. The van der Waals surface area contributed by atoms with Crippen molar-refractivity contribution in [2.24, 2.45) is 0 Å². The van der Waals surface area contributed by atoms with Gasteiger partial charge in [-0.05, 0) is 77.8 Å². The van der Waals surface area contributed by atoms with E-state index < -0.39 is 48.3 Å². The summed E-state index contributed by atoms with van der Waals surface area (Å²) >= 11 is 0. The quantitative estimate of drug-likeness (QED) is 0.176. The Morgan fingerprint density at radius 1 is 0.388 bits per heavy atom. The summed E-state index contributed by atoms with van der Waals surface area (Å²) in [7, 11) is 0. The van der Waals surface area contributed by atoms with Gasteiger partial charge in [0.25, 0.3) is 0 Å². The lowest BCUT2D eigenvalue weighted by Crippen LogP contribution is -1.91. The van der Waals surface area contributed by atoms with E-state index in [4.69, 9.17) is 15.4 Å². The first-order valence-corrected chi connectivity index (χ1v) is 16.0. The lowest BCUT2D eigenvalue weighted by molar-refractivity contribution is 0.670. The SMILES string of the molecule is [2H]c1cc(-c2c([2H])c([2H])c([2H])c3oc4c(-c5c6ccccc6c(-c6ccc(-c7ccc8ccccc8c7)cc6)c6ccccc56)c([2H])c([2H])c([2H])c4c23)c([2H])c([2H])c1[2H]. The predicted molar refractivity (Wildman–Crippen MR) is 208 cm³/mol. The van der Waals surface area contributed by atoms with Gasteiger partial charge in [0.15, 0.2) is 0 Å². The zero-order chi connectivity index (χ0) is 41.0. The molecule has 0 saturated heterocycles. The molecule has 0 fully saturated rings. The highest BCUT2D eigenvalue weighted by Gasteiger charge is 2.21. The zero-order valence-corrected chi connectivity index (χ0v) is 26.0. The molecule has 1 heteroatoms. The first kappa shape index (κ1) is 19.4. The number of hydrogen-bond acceptors (Lipinski definition) is 1. The van der Waals surface area contributed by atoms with Gasteiger partial charge in [-0.15, -0.1) is 0 Å². The highest BCUT2D eigenvalue weighted by Crippen LogP contribution is 2.47. The van der Waals surface area contributed by atoms with Crippen molar-refractivity contribution in [3.05, 3.63) is 182 Å². The molecule has 0 aliphatic rings. The van der Waals surface area contributed by atoms with Gasteiger partial charge in [0.2, 0.25) is 0 Å². The maximum atomic E-state index is 9.43. The lowest BCUT2D eigenvalue weighted by atomic mass is 9.85. The molecule has 0 bridgehead atoms. The number of fused-ring (bicyclic) bond motifs is 6. The van der Waals surface area contributed by atoms with E-state index in [1.54, 1.807) is 0 Å². The van der Waals surface area contributed by atoms with Crippen LogP contribution in [0, 0.1) is 0 Å². The Balaban J connectivity index is 1.28. The van der Waals surface area contributed by atoms with Gasteiger partial charge >= 0.3 is 0 Å². The molecule has 0 amide bonds. The van der Waals surface area contributed by atoms with E-state index in [0.29, 0.717) is 5.56 Å². The number of rotatable bonds is 4. The van der Waals surface area contributed by atoms with Gasteiger partial charge in [0.1, 0.15) is 11.2 Å². The fourth-order valence-electron chi connectivity index (χ4n) is 7.18. The molecule has 0 radical (unpaired) electrons. The Labute approximate surface area is 298 Å². The molecular weight excluding hydrogens is 593 g/mol. The van der Waals surface area contributed by atoms with Crippen molar-refractivity contribution < 1.29 is 18.1 Å². The average molecular weight is 633 g/mol. The Bertz CT molecular complexity index is 3390. The monoisotopic (exact) mass is 632 g/mol. The molecule has 49 heavy (non-hydrogen) atoms. The minimum absolute atomic E-state index is 0.00696. The number of hydrogen-bond donors (Lipinski definition) is 0. The van der Waals surface area contributed by atoms with Gasteiger partial charge in [-0.3, -0.25) is 0 Å². The molecular formula is C48H30O. The van der Waals surface area contributed by atoms with E-state index in [1.807, 2.05) is 60.7 Å². The van der Waals surface area contributed by atoms with Gasteiger partial charge in [-0.25, -0.2) is 0 Å². The van der Waals surface area contributed by atoms with Crippen LogP contribution in [0.2, 0.25) is 0 Å². The first-order chi connectivity index (χ1) is 28.5. The summed E-state index contributed by atoms with van der Waals surface area (Å²) in [5, 5.41) is 5.59. The van der Waals surface area contributed by atoms with Gasteiger partial charge in [0.05, 0.1) is 13.7 Å². The predicted octanol–water partition coefficient (Wildman–Crippen LogP) is 13.7. The second-order valence-corrected chi connectivity index (χ2v) is 12.1. The van der Waals surface area contributed by atoms with Crippen molar-refractivity contribution in [1.82, 2.24) is 0 Å². The average Bonchev–Trinajstić information content (AvgIpc) is 3.65. The second-order valence-electron chi connectivity index (χ2n) is 12.1. The van der Waals surface area contributed by atoms with Gasteiger partial charge in [-0.2, -0.15) is 0 Å². The fourth-order valence-corrected chi connectivity index (χ4v) is 7.18. The summed E-state index contributed by atoms with van der Waals surface area (Å²) in [6, 6.07) is 35.5. The molecule has 9 aromatic carbocycles. The minimum atomic E-state index is -0.544. The molecule has 1 aromatic heterocycles. The molecule has 0 spiro atoms.